The topological polar surface area (TPSA) is 167 Å². The molecule has 2 heterocycles. The average Bonchev–Trinajstić information content (AvgIpc) is 2.84. The summed E-state index contributed by atoms with van der Waals surface area (Å²) in [5.74, 6) is 1.74. The fourth-order valence-electron chi connectivity index (χ4n) is 3.79. The van der Waals surface area contributed by atoms with Crippen LogP contribution in [0, 0.1) is 24.7 Å². The monoisotopic (exact) mass is 581 g/mol. The Bertz CT molecular complexity index is 1420. The minimum absolute atomic E-state index is 0.0320. The van der Waals surface area contributed by atoms with Gasteiger partial charge in [-0.3, -0.25) is 19.9 Å². The maximum absolute atomic E-state index is 13.1. The minimum Gasteiger partial charge on any atom is -0.465 e. The zero-order valence-corrected chi connectivity index (χ0v) is 25.7. The number of terminal acetylenes is 1. The Labute approximate surface area is 246 Å². The molecule has 0 fully saturated rings. The van der Waals surface area contributed by atoms with E-state index in [0.717, 1.165) is 9.91 Å². The van der Waals surface area contributed by atoms with Gasteiger partial charge in [-0.25, -0.2) is 29.5 Å². The quantitative estimate of drug-likeness (QED) is 0.228. The lowest BCUT2D eigenvalue weighted by Gasteiger charge is -2.31. The highest BCUT2D eigenvalue weighted by atomic mass is 16.6. The van der Waals surface area contributed by atoms with E-state index in [1.807, 2.05) is 20.8 Å². The van der Waals surface area contributed by atoms with Crippen LogP contribution in [0.2, 0.25) is 0 Å². The molecule has 3 N–H and O–H groups in total. The van der Waals surface area contributed by atoms with Gasteiger partial charge in [-0.05, 0) is 59.1 Å². The first kappa shape index (κ1) is 33.5. The molecule has 0 bridgehead atoms. The van der Waals surface area contributed by atoms with Crippen LogP contribution in [0.5, 0.6) is 0 Å². The number of pyridine rings is 1. The number of rotatable bonds is 8. The second-order valence-corrected chi connectivity index (χ2v) is 12.0. The highest BCUT2D eigenvalue weighted by molar-refractivity contribution is 6.04. The number of hydrazine groups is 1. The molecular weight excluding hydrogens is 542 g/mol. The fraction of sp³-hybridized carbons (Fsp3) is 0.483. The SMILES string of the molecule is C#Cc1cc(-c2nc(C)nc(NN(C)C(=O)OC(C)(C)C)c2C(C)=O)cc(NC(=O)C(C)N(CC(C)(C)C)C(=O)O)n1. The van der Waals surface area contributed by atoms with Crippen molar-refractivity contribution in [2.24, 2.45) is 5.41 Å². The van der Waals surface area contributed by atoms with Crippen LogP contribution in [0.1, 0.15) is 77.3 Å². The lowest BCUT2D eigenvalue weighted by atomic mass is 9.95. The van der Waals surface area contributed by atoms with E-state index >= 15 is 0 Å². The molecule has 0 aromatic carbocycles. The number of ether oxygens (including phenoxy) is 1. The van der Waals surface area contributed by atoms with Gasteiger partial charge in [0.05, 0.1) is 11.3 Å². The van der Waals surface area contributed by atoms with Crippen LogP contribution in [-0.4, -0.2) is 79.1 Å². The van der Waals surface area contributed by atoms with Crippen LogP contribution in [0.3, 0.4) is 0 Å². The Morgan fingerprint density at radius 2 is 1.71 bits per heavy atom. The summed E-state index contributed by atoms with van der Waals surface area (Å²) in [5.41, 5.74) is 2.36. The molecule has 2 aromatic rings. The Morgan fingerprint density at radius 1 is 1.10 bits per heavy atom. The van der Waals surface area contributed by atoms with Gasteiger partial charge in [0.2, 0.25) is 5.91 Å². The third kappa shape index (κ3) is 9.15. The number of ketones is 1. The molecule has 1 unspecified atom stereocenters. The van der Waals surface area contributed by atoms with Gasteiger partial charge in [0.1, 0.15) is 29.0 Å². The van der Waals surface area contributed by atoms with Crippen molar-refractivity contribution in [2.75, 3.05) is 24.3 Å². The highest BCUT2D eigenvalue weighted by Gasteiger charge is 2.30. The van der Waals surface area contributed by atoms with E-state index in [4.69, 9.17) is 11.2 Å². The second kappa shape index (κ2) is 12.8. The van der Waals surface area contributed by atoms with Gasteiger partial charge in [-0.2, -0.15) is 0 Å². The largest absolute Gasteiger partial charge is 0.465 e. The summed E-state index contributed by atoms with van der Waals surface area (Å²) in [6, 6.07) is 1.93. The maximum atomic E-state index is 13.1. The first-order chi connectivity index (χ1) is 19.2. The number of aryl methyl sites for hydroxylation is 1. The number of carboxylic acid groups (broad SMARTS) is 1. The first-order valence-electron chi connectivity index (χ1n) is 13.1. The van der Waals surface area contributed by atoms with E-state index in [2.05, 4.69) is 31.6 Å². The normalized spacial score (nSPS) is 12.0. The predicted octanol–water partition coefficient (Wildman–Crippen LogP) is 4.58. The molecule has 0 saturated carbocycles. The first-order valence-corrected chi connectivity index (χ1v) is 13.1. The third-order valence-electron chi connectivity index (χ3n) is 5.55. The molecule has 0 spiro atoms. The Hall–Kier alpha value is -4.73. The zero-order valence-electron chi connectivity index (χ0n) is 25.7. The standard InChI is InChI=1S/C29H39N7O6/c1-12-20-13-19(14-21(32-20)33-25(38)16(2)36(26(39)40)15-28(5,6)7)23-22(17(3)37)24(31-18(4)30-23)34-35(11)27(41)42-29(8,9)10/h1,13-14,16H,15H2,2-11H3,(H,39,40)(H,30,31,34)(H,32,33,38). The van der Waals surface area contributed by atoms with Crippen molar-refractivity contribution in [1.29, 1.82) is 0 Å². The number of carbonyl (C=O) groups is 4. The van der Waals surface area contributed by atoms with Gasteiger partial charge in [0.15, 0.2) is 11.6 Å². The van der Waals surface area contributed by atoms with E-state index in [9.17, 15) is 24.3 Å². The molecular formula is C29H39N7O6. The number of Topliss-reactive ketones (excluding diaryl/α,β-unsaturated/α-hetero) is 1. The van der Waals surface area contributed by atoms with Crippen molar-refractivity contribution in [3.63, 3.8) is 0 Å². The zero-order chi connectivity index (χ0) is 32.2. The lowest BCUT2D eigenvalue weighted by Crippen LogP contribution is -2.48. The molecule has 13 nitrogen and oxygen atoms in total. The molecule has 0 saturated heterocycles. The second-order valence-electron chi connectivity index (χ2n) is 12.0. The van der Waals surface area contributed by atoms with E-state index in [0.29, 0.717) is 5.56 Å². The van der Waals surface area contributed by atoms with Crippen LogP contribution in [-0.2, 0) is 9.53 Å². The summed E-state index contributed by atoms with van der Waals surface area (Å²) in [6.07, 6.45) is 3.70. The number of anilines is 2. The maximum Gasteiger partial charge on any atom is 0.428 e. The predicted molar refractivity (Wildman–Crippen MR) is 158 cm³/mol. The number of aromatic nitrogens is 3. The van der Waals surface area contributed by atoms with Crippen LogP contribution in [0.15, 0.2) is 12.1 Å². The lowest BCUT2D eigenvalue weighted by molar-refractivity contribution is -0.120. The van der Waals surface area contributed by atoms with Crippen LogP contribution in [0.4, 0.5) is 21.2 Å². The molecule has 2 aromatic heterocycles. The van der Waals surface area contributed by atoms with Crippen LogP contribution < -0.4 is 10.7 Å². The molecule has 0 aliphatic carbocycles. The van der Waals surface area contributed by atoms with Crippen molar-refractivity contribution in [2.45, 2.75) is 74.0 Å². The summed E-state index contributed by atoms with van der Waals surface area (Å²) in [7, 11) is 1.42. The summed E-state index contributed by atoms with van der Waals surface area (Å²) in [6.45, 7) is 15.3. The van der Waals surface area contributed by atoms with Crippen LogP contribution in [0.25, 0.3) is 11.3 Å². The summed E-state index contributed by atoms with van der Waals surface area (Å²) >= 11 is 0. The molecule has 13 heteroatoms. The molecule has 2 rings (SSSR count). The molecule has 0 aliphatic heterocycles. The number of nitrogens with zero attached hydrogens (tertiary/aromatic N) is 5. The Morgan fingerprint density at radius 3 is 2.21 bits per heavy atom. The average molecular weight is 582 g/mol. The van der Waals surface area contributed by atoms with Crippen molar-refractivity contribution in [3.05, 3.63) is 29.2 Å². The van der Waals surface area contributed by atoms with Gasteiger partial charge in [0, 0.05) is 19.2 Å². The number of hydrogen-bond acceptors (Lipinski definition) is 9. The van der Waals surface area contributed by atoms with Crippen molar-refractivity contribution >= 4 is 35.5 Å². The van der Waals surface area contributed by atoms with Crippen LogP contribution >= 0.6 is 0 Å². The summed E-state index contributed by atoms with van der Waals surface area (Å²) in [4.78, 5) is 64.5. The molecule has 1 atom stereocenters. The summed E-state index contributed by atoms with van der Waals surface area (Å²) < 4.78 is 5.36. The number of nitrogens with one attached hydrogen (secondary N) is 2. The van der Waals surface area contributed by atoms with E-state index < -0.39 is 35.5 Å². The highest BCUT2D eigenvalue weighted by Crippen LogP contribution is 2.30. The fourth-order valence-corrected chi connectivity index (χ4v) is 3.79. The smallest absolute Gasteiger partial charge is 0.428 e. The number of amides is 3. The van der Waals surface area contributed by atoms with Crippen molar-refractivity contribution in [3.8, 4) is 23.6 Å². The van der Waals surface area contributed by atoms with Gasteiger partial charge < -0.3 is 15.2 Å². The minimum atomic E-state index is -1.24. The molecule has 0 radical (unpaired) electrons. The molecule has 226 valence electrons. The summed E-state index contributed by atoms with van der Waals surface area (Å²) in [5, 5.41) is 13.4. The Kier molecular flexibility index (Phi) is 10.2. The molecule has 3 amide bonds. The van der Waals surface area contributed by atoms with E-state index in [1.165, 1.54) is 33.0 Å². The molecule has 0 aliphatic rings. The Balaban J connectivity index is 2.55. The van der Waals surface area contributed by atoms with Gasteiger partial charge in [0.25, 0.3) is 0 Å². The number of hydrogen-bond donors (Lipinski definition) is 3. The van der Waals surface area contributed by atoms with Crippen molar-refractivity contribution < 1.29 is 29.0 Å². The van der Waals surface area contributed by atoms with Gasteiger partial charge in [-0.1, -0.05) is 26.7 Å². The third-order valence-corrected chi connectivity index (χ3v) is 5.55. The van der Waals surface area contributed by atoms with Crippen molar-refractivity contribution in [1.82, 2.24) is 24.9 Å². The van der Waals surface area contributed by atoms with Gasteiger partial charge in [-0.15, -0.1) is 6.42 Å². The molecule has 42 heavy (non-hydrogen) atoms. The van der Waals surface area contributed by atoms with E-state index in [-0.39, 0.29) is 46.4 Å². The van der Waals surface area contributed by atoms with Gasteiger partial charge >= 0.3 is 12.2 Å². The van der Waals surface area contributed by atoms with E-state index in [1.54, 1.807) is 27.7 Å². The number of carbonyl (C=O) groups excluding carboxylic acids is 3.